The first-order chi connectivity index (χ1) is 11.2. The number of cyclic esters (lactones) is 1. The van der Waals surface area contributed by atoms with Crippen LogP contribution in [0.5, 0.6) is 0 Å². The molecule has 0 spiro atoms. The van der Waals surface area contributed by atoms with E-state index in [-0.39, 0.29) is 24.6 Å². The minimum atomic E-state index is -0.265. The molecule has 0 saturated carbocycles. The molecule has 1 aromatic heterocycles. The summed E-state index contributed by atoms with van der Waals surface area (Å²) in [4.78, 5) is 24.3. The molecule has 3 heterocycles. The normalized spacial score (nSPS) is 15.0. The summed E-state index contributed by atoms with van der Waals surface area (Å²) in [6.07, 6.45) is 0.182. The first kappa shape index (κ1) is 12.6. The molecule has 23 heavy (non-hydrogen) atoms. The zero-order valence-corrected chi connectivity index (χ0v) is 12.3. The van der Waals surface area contributed by atoms with Gasteiger partial charge in [0.25, 0.3) is 5.56 Å². The summed E-state index contributed by atoms with van der Waals surface area (Å²) in [5, 5.41) is 2.33. The second-order valence-corrected chi connectivity index (χ2v) is 6.12. The number of hydrogen-bond donors (Lipinski definition) is 0. The molecule has 2 aromatic carbocycles. The van der Waals surface area contributed by atoms with Crippen LogP contribution < -0.4 is 5.56 Å². The van der Waals surface area contributed by atoms with E-state index in [1.807, 2.05) is 18.2 Å². The van der Waals surface area contributed by atoms with Gasteiger partial charge in [-0.15, -0.1) is 0 Å². The smallest absolute Gasteiger partial charge is 0.310 e. The van der Waals surface area contributed by atoms with E-state index in [1.54, 1.807) is 4.57 Å². The SMILES string of the molecule is O=C1Cc2cc3n(c(=O)c2CO1)Cc1cc2ccccc2cc1-3. The first-order valence-electron chi connectivity index (χ1n) is 7.64. The minimum Gasteiger partial charge on any atom is -0.460 e. The molecule has 0 bridgehead atoms. The quantitative estimate of drug-likeness (QED) is 0.469. The van der Waals surface area contributed by atoms with E-state index in [0.717, 1.165) is 27.8 Å². The number of hydrogen-bond acceptors (Lipinski definition) is 3. The zero-order valence-electron chi connectivity index (χ0n) is 12.3. The van der Waals surface area contributed by atoms with E-state index in [4.69, 9.17) is 4.74 Å². The van der Waals surface area contributed by atoms with Crippen molar-refractivity contribution in [2.24, 2.45) is 0 Å². The maximum Gasteiger partial charge on any atom is 0.310 e. The molecule has 112 valence electrons. The van der Waals surface area contributed by atoms with E-state index in [0.29, 0.717) is 12.1 Å². The van der Waals surface area contributed by atoms with E-state index < -0.39 is 0 Å². The van der Waals surface area contributed by atoms with Crippen LogP contribution in [0.1, 0.15) is 16.7 Å². The largest absolute Gasteiger partial charge is 0.460 e. The summed E-state index contributed by atoms with van der Waals surface area (Å²) >= 11 is 0. The summed E-state index contributed by atoms with van der Waals surface area (Å²) in [5.41, 5.74) is 4.52. The van der Waals surface area contributed by atoms with Gasteiger partial charge in [-0.2, -0.15) is 0 Å². The van der Waals surface area contributed by atoms with Crippen molar-refractivity contribution in [3.8, 4) is 11.3 Å². The summed E-state index contributed by atoms with van der Waals surface area (Å²) in [5.74, 6) is -0.265. The molecule has 4 nitrogen and oxygen atoms in total. The molecule has 5 rings (SSSR count). The number of rotatable bonds is 0. The van der Waals surface area contributed by atoms with Crippen LogP contribution in [0.4, 0.5) is 0 Å². The van der Waals surface area contributed by atoms with Crippen LogP contribution in [-0.2, 0) is 29.1 Å². The number of pyridine rings is 1. The third-order valence-corrected chi connectivity index (χ3v) is 4.78. The second kappa shape index (κ2) is 4.32. The number of fused-ring (bicyclic) bond motifs is 5. The van der Waals surface area contributed by atoms with Gasteiger partial charge in [0.2, 0.25) is 0 Å². The topological polar surface area (TPSA) is 48.3 Å². The molecule has 2 aliphatic heterocycles. The van der Waals surface area contributed by atoms with Crippen molar-refractivity contribution in [1.82, 2.24) is 4.57 Å². The summed E-state index contributed by atoms with van der Waals surface area (Å²) in [6, 6.07) is 14.5. The number of nitrogens with zero attached hydrogens (tertiary/aromatic N) is 1. The Kier molecular flexibility index (Phi) is 2.37. The van der Waals surface area contributed by atoms with Crippen LogP contribution in [0.25, 0.3) is 22.0 Å². The van der Waals surface area contributed by atoms with Gasteiger partial charge in [-0.3, -0.25) is 9.59 Å². The van der Waals surface area contributed by atoms with Crippen molar-refractivity contribution in [3.05, 3.63) is 69.5 Å². The summed E-state index contributed by atoms with van der Waals surface area (Å²) in [7, 11) is 0. The highest BCUT2D eigenvalue weighted by Gasteiger charge is 2.27. The van der Waals surface area contributed by atoms with E-state index in [1.165, 1.54) is 5.39 Å². The highest BCUT2D eigenvalue weighted by atomic mass is 16.5. The van der Waals surface area contributed by atoms with Gasteiger partial charge >= 0.3 is 5.97 Å². The molecule has 4 heteroatoms. The Morgan fingerprint density at radius 3 is 2.57 bits per heavy atom. The van der Waals surface area contributed by atoms with Crippen LogP contribution in [0, 0.1) is 0 Å². The van der Waals surface area contributed by atoms with Crippen molar-refractivity contribution < 1.29 is 9.53 Å². The van der Waals surface area contributed by atoms with Gasteiger partial charge in [0.1, 0.15) is 6.61 Å². The maximum atomic E-state index is 12.7. The molecule has 0 aliphatic carbocycles. The highest BCUT2D eigenvalue weighted by Crippen LogP contribution is 2.35. The Hall–Kier alpha value is -2.88. The predicted octanol–water partition coefficient (Wildman–Crippen LogP) is 2.63. The van der Waals surface area contributed by atoms with Gasteiger partial charge in [-0.05, 0) is 40.1 Å². The second-order valence-electron chi connectivity index (χ2n) is 6.12. The Balaban J connectivity index is 1.79. The number of carbonyl (C=O) groups excluding carboxylic acids is 1. The number of carbonyl (C=O) groups is 1. The van der Waals surface area contributed by atoms with Gasteiger partial charge in [-0.25, -0.2) is 0 Å². The van der Waals surface area contributed by atoms with Crippen LogP contribution >= 0.6 is 0 Å². The Bertz CT molecular complexity index is 1060. The fraction of sp³-hybridized carbons (Fsp3) is 0.158. The third kappa shape index (κ3) is 1.72. The van der Waals surface area contributed by atoms with Crippen molar-refractivity contribution in [2.75, 3.05) is 0 Å². The standard InChI is InChI=1S/C19H13NO3/c21-18-8-13-7-17-15-6-12-4-2-1-3-11(12)5-14(15)9-20(17)19(22)16(13)10-23-18/h1-7H,8-10H2. The molecular formula is C19H13NO3. The molecule has 0 fully saturated rings. The van der Waals surface area contributed by atoms with E-state index in [2.05, 4.69) is 24.3 Å². The van der Waals surface area contributed by atoms with Crippen molar-refractivity contribution >= 4 is 16.7 Å². The van der Waals surface area contributed by atoms with Gasteiger partial charge in [-0.1, -0.05) is 24.3 Å². The fourth-order valence-electron chi connectivity index (χ4n) is 3.62. The summed E-state index contributed by atoms with van der Waals surface area (Å²) < 4.78 is 6.83. The van der Waals surface area contributed by atoms with E-state index >= 15 is 0 Å². The van der Waals surface area contributed by atoms with Crippen LogP contribution in [0.2, 0.25) is 0 Å². The molecular weight excluding hydrogens is 290 g/mol. The number of esters is 1. The lowest BCUT2D eigenvalue weighted by atomic mass is 9.98. The van der Waals surface area contributed by atoms with Gasteiger partial charge in [0.05, 0.1) is 24.2 Å². The number of benzene rings is 2. The van der Waals surface area contributed by atoms with Crippen LogP contribution in [0.3, 0.4) is 0 Å². The summed E-state index contributed by atoms with van der Waals surface area (Å²) in [6.45, 7) is 0.668. The molecule has 0 N–H and O–H groups in total. The average Bonchev–Trinajstić information content (AvgIpc) is 2.91. The number of aromatic nitrogens is 1. The Morgan fingerprint density at radius 2 is 1.74 bits per heavy atom. The van der Waals surface area contributed by atoms with Gasteiger partial charge in [0.15, 0.2) is 0 Å². The fourth-order valence-corrected chi connectivity index (χ4v) is 3.62. The lowest BCUT2D eigenvalue weighted by Crippen LogP contribution is -2.29. The van der Waals surface area contributed by atoms with Gasteiger partial charge < -0.3 is 9.30 Å². The Labute approximate surface area is 131 Å². The monoisotopic (exact) mass is 303 g/mol. The van der Waals surface area contributed by atoms with Crippen molar-refractivity contribution in [2.45, 2.75) is 19.6 Å². The minimum absolute atomic E-state index is 0.0368. The van der Waals surface area contributed by atoms with Gasteiger partial charge in [0, 0.05) is 5.56 Å². The van der Waals surface area contributed by atoms with Crippen LogP contribution in [0.15, 0.2) is 47.3 Å². The van der Waals surface area contributed by atoms with Crippen molar-refractivity contribution in [1.29, 1.82) is 0 Å². The zero-order chi connectivity index (χ0) is 15.6. The molecule has 2 aliphatic rings. The van der Waals surface area contributed by atoms with E-state index in [9.17, 15) is 9.59 Å². The third-order valence-electron chi connectivity index (χ3n) is 4.78. The molecule has 0 saturated heterocycles. The molecule has 0 radical (unpaired) electrons. The van der Waals surface area contributed by atoms with Crippen molar-refractivity contribution in [3.63, 3.8) is 0 Å². The predicted molar refractivity (Wildman–Crippen MR) is 86.2 cm³/mol. The molecule has 0 amide bonds. The maximum absolute atomic E-state index is 12.7. The molecule has 0 atom stereocenters. The highest BCUT2D eigenvalue weighted by molar-refractivity contribution is 5.90. The lowest BCUT2D eigenvalue weighted by Gasteiger charge is -2.17. The average molecular weight is 303 g/mol. The van der Waals surface area contributed by atoms with Crippen LogP contribution in [-0.4, -0.2) is 10.5 Å². The molecule has 3 aromatic rings. The Morgan fingerprint density at radius 1 is 0.957 bits per heavy atom. The first-order valence-corrected chi connectivity index (χ1v) is 7.64. The number of ether oxygens (including phenoxy) is 1. The lowest BCUT2D eigenvalue weighted by molar-refractivity contribution is -0.145. The molecule has 0 unspecified atom stereocenters.